The number of carbonyl (C=O) groups is 2. The van der Waals surface area contributed by atoms with Crippen LogP contribution in [0.3, 0.4) is 0 Å². The number of nitrogens with zero attached hydrogens (tertiary/aromatic N) is 3. The van der Waals surface area contributed by atoms with E-state index in [2.05, 4.69) is 20.8 Å². The van der Waals surface area contributed by atoms with Crippen molar-refractivity contribution < 1.29 is 41.0 Å². The Bertz CT molecular complexity index is 1780. The number of nitrogens with one attached hydrogen (secondary N) is 1. The monoisotopic (exact) mass is 673 g/mol. The SMILES string of the molecule is COc1cccc2c1c(NS(=O)(=O)c1ccc(Cl)s1)nn2Cc1cccc(CN2CCC[C@@H]2C(N)=O)c1.O=C(O)C(F)(F)F. The number of anilines is 1. The molecule has 2 aromatic carbocycles. The number of carboxylic acid groups (broad SMARTS) is 1. The average molecular weight is 674 g/mol. The van der Waals surface area contributed by atoms with Crippen LogP contribution in [0.2, 0.25) is 4.34 Å². The van der Waals surface area contributed by atoms with Crippen molar-refractivity contribution in [3.05, 3.63) is 70.1 Å². The number of carboxylic acids is 1. The second-order valence-corrected chi connectivity index (χ2v) is 13.3. The number of nitrogens with two attached hydrogens (primary N) is 1. The van der Waals surface area contributed by atoms with Crippen LogP contribution < -0.4 is 15.2 Å². The molecule has 2 aromatic heterocycles. The number of halogens is 4. The summed E-state index contributed by atoms with van der Waals surface area (Å²) in [6.07, 6.45) is -3.35. The molecule has 4 N–H and O–H groups in total. The third kappa shape index (κ3) is 7.80. The lowest BCUT2D eigenvalue weighted by molar-refractivity contribution is -0.192. The number of methoxy groups -OCH3 is 1. The smallest absolute Gasteiger partial charge is 0.490 e. The zero-order valence-electron chi connectivity index (χ0n) is 23.0. The van der Waals surface area contributed by atoms with E-state index in [1.807, 2.05) is 30.3 Å². The van der Waals surface area contributed by atoms with E-state index in [-0.39, 0.29) is 22.0 Å². The molecule has 0 bridgehead atoms. The van der Waals surface area contributed by atoms with Gasteiger partial charge in [0.05, 0.1) is 34.9 Å². The van der Waals surface area contributed by atoms with Crippen LogP contribution in [-0.2, 0) is 32.7 Å². The number of alkyl halides is 3. The first kappa shape index (κ1) is 33.0. The molecule has 11 nitrogen and oxygen atoms in total. The lowest BCUT2D eigenvalue weighted by Gasteiger charge is -2.22. The minimum atomic E-state index is -5.08. The number of likely N-dealkylation sites (tertiary alicyclic amines) is 1. The quantitative estimate of drug-likeness (QED) is 0.231. The van der Waals surface area contributed by atoms with Crippen molar-refractivity contribution in [3.63, 3.8) is 0 Å². The second-order valence-electron chi connectivity index (χ2n) is 9.68. The molecule has 0 radical (unpaired) electrons. The van der Waals surface area contributed by atoms with Gasteiger partial charge >= 0.3 is 12.1 Å². The standard InChI is InChI=1S/C25H26ClN5O4S2.C2HF3O2/c1-35-20-9-3-7-18-23(20)25(29-37(33,34)22-11-10-21(26)36-22)28-31(18)15-17-6-2-5-16(13-17)14-30-12-4-8-19(30)24(27)32;3-2(4,5)1(6)7/h2-3,5-7,9-11,13,19H,4,8,12,14-15H2,1H3,(H2,27,32)(H,28,29);(H,6,7)/t19-;/m1./s1. The number of aliphatic carboxylic acids is 1. The lowest BCUT2D eigenvalue weighted by atomic mass is 10.1. The van der Waals surface area contributed by atoms with Crippen molar-refractivity contribution in [1.29, 1.82) is 0 Å². The van der Waals surface area contributed by atoms with Crippen molar-refractivity contribution in [2.24, 2.45) is 5.73 Å². The van der Waals surface area contributed by atoms with Crippen LogP contribution in [0.4, 0.5) is 19.0 Å². The Balaban J connectivity index is 0.000000566. The third-order valence-electron chi connectivity index (χ3n) is 6.65. The molecule has 1 atom stereocenters. The second kappa shape index (κ2) is 13.4. The predicted octanol–water partition coefficient (Wildman–Crippen LogP) is 4.69. The Morgan fingerprint density at radius 1 is 1.16 bits per heavy atom. The van der Waals surface area contributed by atoms with Gasteiger partial charge in [0.15, 0.2) is 5.82 Å². The number of hydrogen-bond donors (Lipinski definition) is 3. The maximum Gasteiger partial charge on any atom is 0.490 e. The molecule has 0 unspecified atom stereocenters. The van der Waals surface area contributed by atoms with Gasteiger partial charge in [-0.3, -0.25) is 19.1 Å². The summed E-state index contributed by atoms with van der Waals surface area (Å²) in [6, 6.07) is 16.3. The topological polar surface area (TPSA) is 157 Å². The van der Waals surface area contributed by atoms with Crippen molar-refractivity contribution in [2.75, 3.05) is 18.4 Å². The van der Waals surface area contributed by atoms with Crippen LogP contribution in [0.1, 0.15) is 24.0 Å². The summed E-state index contributed by atoms with van der Waals surface area (Å²) >= 11 is 6.93. The molecule has 44 heavy (non-hydrogen) atoms. The fraction of sp³-hybridized carbons (Fsp3) is 0.296. The van der Waals surface area contributed by atoms with E-state index in [0.717, 1.165) is 47.4 Å². The van der Waals surface area contributed by atoms with E-state index in [9.17, 15) is 26.4 Å². The van der Waals surface area contributed by atoms with Gasteiger partial charge in [-0.25, -0.2) is 13.2 Å². The predicted molar refractivity (Wildman–Crippen MR) is 158 cm³/mol. The van der Waals surface area contributed by atoms with Gasteiger partial charge in [-0.15, -0.1) is 11.3 Å². The number of benzene rings is 2. The number of fused-ring (bicyclic) bond motifs is 1. The van der Waals surface area contributed by atoms with Gasteiger partial charge < -0.3 is 15.6 Å². The van der Waals surface area contributed by atoms with Gasteiger partial charge in [0.25, 0.3) is 10.0 Å². The van der Waals surface area contributed by atoms with E-state index >= 15 is 0 Å². The first-order valence-electron chi connectivity index (χ1n) is 12.9. The number of carbonyl (C=O) groups excluding carboxylic acids is 1. The number of hydrogen-bond acceptors (Lipinski definition) is 8. The molecule has 17 heteroatoms. The molecule has 0 aliphatic carbocycles. The molecule has 0 spiro atoms. The fourth-order valence-corrected chi connectivity index (χ4v) is 7.24. The van der Waals surface area contributed by atoms with E-state index in [1.54, 1.807) is 16.8 Å². The molecule has 1 amide bonds. The Morgan fingerprint density at radius 2 is 1.82 bits per heavy atom. The molecule has 1 fully saturated rings. The number of ether oxygens (including phenoxy) is 1. The maximum absolute atomic E-state index is 13.0. The number of amides is 1. The van der Waals surface area contributed by atoms with Gasteiger partial charge in [0.1, 0.15) is 9.96 Å². The number of sulfonamides is 1. The number of aromatic nitrogens is 2. The van der Waals surface area contributed by atoms with E-state index in [0.29, 0.717) is 28.6 Å². The highest BCUT2D eigenvalue weighted by atomic mass is 35.5. The molecule has 3 heterocycles. The van der Waals surface area contributed by atoms with Crippen LogP contribution in [0, 0.1) is 0 Å². The Labute approximate surface area is 259 Å². The third-order valence-corrected chi connectivity index (χ3v) is 9.71. The summed E-state index contributed by atoms with van der Waals surface area (Å²) < 4.78 is 68.1. The Hall–Kier alpha value is -3.86. The zero-order valence-corrected chi connectivity index (χ0v) is 25.4. The van der Waals surface area contributed by atoms with Crippen LogP contribution in [0.5, 0.6) is 5.75 Å². The maximum atomic E-state index is 13.0. The average Bonchev–Trinajstić information content (AvgIpc) is 3.68. The summed E-state index contributed by atoms with van der Waals surface area (Å²) in [4.78, 5) is 22.8. The highest BCUT2D eigenvalue weighted by Crippen LogP contribution is 2.35. The van der Waals surface area contributed by atoms with Crippen molar-refractivity contribution in [2.45, 2.75) is 42.4 Å². The first-order chi connectivity index (χ1) is 20.7. The molecule has 1 aliphatic rings. The van der Waals surface area contributed by atoms with Crippen molar-refractivity contribution in [1.82, 2.24) is 14.7 Å². The van der Waals surface area contributed by atoms with Crippen molar-refractivity contribution >= 4 is 61.6 Å². The summed E-state index contributed by atoms with van der Waals surface area (Å²) in [5.74, 6) is -2.36. The number of thiophene rings is 1. The first-order valence-corrected chi connectivity index (χ1v) is 15.6. The van der Waals surface area contributed by atoms with Crippen LogP contribution in [0.25, 0.3) is 10.9 Å². The van der Waals surface area contributed by atoms with E-state index in [1.165, 1.54) is 13.2 Å². The highest BCUT2D eigenvalue weighted by molar-refractivity contribution is 7.94. The zero-order chi connectivity index (χ0) is 32.2. The largest absolute Gasteiger partial charge is 0.496 e. The van der Waals surface area contributed by atoms with Crippen LogP contribution in [-0.4, -0.2) is 66.0 Å². The molecule has 1 saturated heterocycles. The van der Waals surface area contributed by atoms with Crippen LogP contribution in [0.15, 0.2) is 58.8 Å². The summed E-state index contributed by atoms with van der Waals surface area (Å²) in [6.45, 7) is 1.87. The van der Waals surface area contributed by atoms with Gasteiger partial charge in [0, 0.05) is 6.54 Å². The molecule has 0 saturated carbocycles. The molecule has 1 aliphatic heterocycles. The molecular formula is C27H27ClF3N5O6S2. The Morgan fingerprint density at radius 3 is 2.41 bits per heavy atom. The van der Waals surface area contributed by atoms with Gasteiger partial charge in [0.2, 0.25) is 5.91 Å². The number of rotatable bonds is 9. The van der Waals surface area contributed by atoms with Gasteiger partial charge in [-0.1, -0.05) is 41.9 Å². The van der Waals surface area contributed by atoms with Crippen molar-refractivity contribution in [3.8, 4) is 5.75 Å². The lowest BCUT2D eigenvalue weighted by Crippen LogP contribution is -2.39. The Kier molecular flexibility index (Phi) is 10.1. The molecular weight excluding hydrogens is 647 g/mol. The highest BCUT2D eigenvalue weighted by Gasteiger charge is 2.38. The van der Waals surface area contributed by atoms with E-state index < -0.39 is 22.2 Å². The molecule has 4 aromatic rings. The minimum Gasteiger partial charge on any atom is -0.496 e. The van der Waals surface area contributed by atoms with E-state index in [4.69, 9.17) is 32.0 Å². The van der Waals surface area contributed by atoms with Crippen LogP contribution >= 0.6 is 22.9 Å². The normalized spacial score (nSPS) is 15.5. The minimum absolute atomic E-state index is 0.0963. The summed E-state index contributed by atoms with van der Waals surface area (Å²) in [5.41, 5.74) is 8.35. The van der Waals surface area contributed by atoms with Gasteiger partial charge in [-0.2, -0.15) is 18.3 Å². The number of primary amides is 1. The molecule has 236 valence electrons. The fourth-order valence-electron chi connectivity index (χ4n) is 4.75. The summed E-state index contributed by atoms with van der Waals surface area (Å²) in [5, 5.41) is 12.3. The summed E-state index contributed by atoms with van der Waals surface area (Å²) in [7, 11) is -2.36. The van der Waals surface area contributed by atoms with Gasteiger partial charge in [-0.05, 0) is 54.8 Å². The molecule has 5 rings (SSSR count).